The number of anilines is 3. The zero-order valence-corrected chi connectivity index (χ0v) is 34.2. The number of benzene rings is 9. The van der Waals surface area contributed by atoms with Crippen molar-refractivity contribution in [1.82, 2.24) is 4.57 Å². The molecule has 2 nitrogen and oxygen atoms in total. The van der Waals surface area contributed by atoms with Crippen LogP contribution < -0.4 is 4.90 Å². The van der Waals surface area contributed by atoms with Gasteiger partial charge in [-0.25, -0.2) is 0 Å². The summed E-state index contributed by atoms with van der Waals surface area (Å²) in [5, 5.41) is 5.08. The Morgan fingerprint density at radius 1 is 0.417 bits per heavy atom. The molecule has 0 saturated carbocycles. The second-order valence-electron chi connectivity index (χ2n) is 16.5. The largest absolute Gasteiger partial charge is 0.310 e. The Kier molecular flexibility index (Phi) is 7.79. The van der Waals surface area contributed by atoms with Crippen LogP contribution in [0, 0.1) is 0 Å². The van der Waals surface area contributed by atoms with Crippen molar-refractivity contribution in [2.45, 2.75) is 19.3 Å². The lowest BCUT2D eigenvalue weighted by atomic mass is 9.82. The van der Waals surface area contributed by atoms with Crippen molar-refractivity contribution in [2.75, 3.05) is 4.90 Å². The van der Waals surface area contributed by atoms with Crippen LogP contribution in [0.3, 0.4) is 0 Å². The fourth-order valence-corrected chi connectivity index (χ4v) is 11.0. The molecule has 12 rings (SSSR count). The Hall–Kier alpha value is -7.20. The van der Waals surface area contributed by atoms with Crippen LogP contribution in [0.15, 0.2) is 206 Å². The highest BCUT2D eigenvalue weighted by molar-refractivity contribution is 7.26. The monoisotopic (exact) mass is 784 g/mol. The van der Waals surface area contributed by atoms with E-state index in [4.69, 9.17) is 0 Å². The van der Waals surface area contributed by atoms with Crippen molar-refractivity contribution >= 4 is 70.4 Å². The molecule has 0 saturated heterocycles. The lowest BCUT2D eigenvalue weighted by Crippen LogP contribution is -2.16. The summed E-state index contributed by atoms with van der Waals surface area (Å²) < 4.78 is 4.96. The van der Waals surface area contributed by atoms with E-state index in [9.17, 15) is 0 Å². The molecule has 1 aliphatic carbocycles. The van der Waals surface area contributed by atoms with Crippen LogP contribution in [0.4, 0.5) is 17.1 Å². The van der Waals surface area contributed by atoms with Crippen molar-refractivity contribution < 1.29 is 0 Å². The van der Waals surface area contributed by atoms with Gasteiger partial charge >= 0.3 is 0 Å². The highest BCUT2D eigenvalue weighted by Crippen LogP contribution is 2.52. The number of nitrogens with zero attached hydrogens (tertiary/aromatic N) is 2. The minimum Gasteiger partial charge on any atom is -0.310 e. The van der Waals surface area contributed by atoms with Crippen molar-refractivity contribution in [1.29, 1.82) is 0 Å². The van der Waals surface area contributed by atoms with Gasteiger partial charge in [0.1, 0.15) is 0 Å². The molecule has 60 heavy (non-hydrogen) atoms. The first kappa shape index (κ1) is 34.8. The minimum atomic E-state index is -0.120. The molecular weight excluding hydrogens is 745 g/mol. The second kappa shape index (κ2) is 13.4. The van der Waals surface area contributed by atoms with Crippen LogP contribution in [0.2, 0.25) is 0 Å². The summed E-state index contributed by atoms with van der Waals surface area (Å²) >= 11 is 1.87. The maximum atomic E-state index is 2.49. The molecule has 3 heteroatoms. The molecule has 0 aliphatic heterocycles. The van der Waals surface area contributed by atoms with Gasteiger partial charge in [-0.3, -0.25) is 0 Å². The van der Waals surface area contributed by atoms with E-state index in [1.165, 1.54) is 97.9 Å². The first-order valence-electron chi connectivity index (χ1n) is 20.8. The van der Waals surface area contributed by atoms with Gasteiger partial charge in [0, 0.05) is 53.4 Å². The fourth-order valence-electron chi connectivity index (χ4n) is 9.87. The minimum absolute atomic E-state index is 0.120. The number of fused-ring (bicyclic) bond motifs is 9. The standard InChI is InChI=1S/C57H40N2S/c1-57(2)49-20-11-9-18-44(49)45-31-30-43(36-50(45)57)58(53-22-13-23-55-56(53)48-35-40(27-33-54(48)60-55)37-14-5-3-6-15-37)42-28-24-38(25-29-42)39-26-32-52-47(34-39)46-19-10-12-21-51(46)59(52)41-16-7-4-8-17-41/h3-36H,1-2H3. The normalized spacial score (nSPS) is 13.0. The van der Waals surface area contributed by atoms with Gasteiger partial charge in [0.15, 0.2) is 0 Å². The third kappa shape index (κ3) is 5.33. The molecule has 9 aromatic carbocycles. The maximum Gasteiger partial charge on any atom is 0.0554 e. The highest BCUT2D eigenvalue weighted by atomic mass is 32.1. The first-order chi connectivity index (χ1) is 29.5. The van der Waals surface area contributed by atoms with E-state index in [0.717, 1.165) is 11.4 Å². The first-order valence-corrected chi connectivity index (χ1v) is 21.6. The summed E-state index contributed by atoms with van der Waals surface area (Å²) in [6.07, 6.45) is 0. The predicted octanol–water partition coefficient (Wildman–Crippen LogP) is 16.3. The Labute approximate surface area is 353 Å². The number of hydrogen-bond donors (Lipinski definition) is 0. The summed E-state index contributed by atoms with van der Waals surface area (Å²) in [4.78, 5) is 2.49. The summed E-state index contributed by atoms with van der Waals surface area (Å²) in [7, 11) is 0. The van der Waals surface area contributed by atoms with E-state index >= 15 is 0 Å². The van der Waals surface area contributed by atoms with Gasteiger partial charge in [0.25, 0.3) is 0 Å². The number of aromatic nitrogens is 1. The number of thiophene rings is 1. The average molecular weight is 785 g/mol. The topological polar surface area (TPSA) is 8.17 Å². The molecule has 284 valence electrons. The SMILES string of the molecule is CC1(C)c2ccccc2-c2ccc(N(c3ccc(-c4ccc5c(c4)c4ccccc4n5-c4ccccc4)cc3)c3cccc4sc5ccc(-c6ccccc6)cc5c34)cc21. The van der Waals surface area contributed by atoms with E-state index in [1.54, 1.807) is 0 Å². The number of hydrogen-bond acceptors (Lipinski definition) is 2. The van der Waals surface area contributed by atoms with Crippen LogP contribution in [0.1, 0.15) is 25.0 Å². The summed E-state index contributed by atoms with van der Waals surface area (Å²) in [5.41, 5.74) is 17.2. The van der Waals surface area contributed by atoms with Gasteiger partial charge in [0.05, 0.1) is 16.7 Å². The molecule has 0 N–H and O–H groups in total. The van der Waals surface area contributed by atoms with Crippen LogP contribution in [-0.2, 0) is 5.41 Å². The van der Waals surface area contributed by atoms with Crippen LogP contribution in [0.5, 0.6) is 0 Å². The van der Waals surface area contributed by atoms with E-state index in [1.807, 2.05) is 11.3 Å². The maximum absolute atomic E-state index is 2.49. The molecule has 0 fully saturated rings. The molecule has 0 unspecified atom stereocenters. The average Bonchev–Trinajstić information content (AvgIpc) is 3.92. The second-order valence-corrected chi connectivity index (χ2v) is 17.6. The van der Waals surface area contributed by atoms with Gasteiger partial charge in [-0.1, -0.05) is 141 Å². The highest BCUT2D eigenvalue weighted by Gasteiger charge is 2.36. The molecular formula is C57H40N2S. The van der Waals surface area contributed by atoms with Crippen LogP contribution >= 0.6 is 11.3 Å². The van der Waals surface area contributed by atoms with Crippen molar-refractivity contribution in [3.05, 3.63) is 217 Å². The molecule has 0 spiro atoms. The summed E-state index contributed by atoms with van der Waals surface area (Å²) in [6.45, 7) is 4.74. The molecule has 0 bridgehead atoms. The Balaban J connectivity index is 1.03. The summed E-state index contributed by atoms with van der Waals surface area (Å²) in [5.74, 6) is 0. The lowest BCUT2D eigenvalue weighted by molar-refractivity contribution is 0.660. The van der Waals surface area contributed by atoms with Gasteiger partial charge in [-0.05, 0) is 123 Å². The van der Waals surface area contributed by atoms with Gasteiger partial charge in [0.2, 0.25) is 0 Å². The molecule has 2 heterocycles. The van der Waals surface area contributed by atoms with Gasteiger partial charge in [-0.15, -0.1) is 11.3 Å². The number of rotatable bonds is 6. The zero-order valence-electron chi connectivity index (χ0n) is 33.4. The van der Waals surface area contributed by atoms with Crippen LogP contribution in [0.25, 0.3) is 81.0 Å². The molecule has 2 aromatic heterocycles. The zero-order chi connectivity index (χ0) is 40.0. The van der Waals surface area contributed by atoms with E-state index in [0.29, 0.717) is 0 Å². The van der Waals surface area contributed by atoms with E-state index in [-0.39, 0.29) is 5.41 Å². The quantitative estimate of drug-likeness (QED) is 0.163. The van der Waals surface area contributed by atoms with Crippen molar-refractivity contribution in [3.8, 4) is 39.1 Å². The van der Waals surface area contributed by atoms with E-state index < -0.39 is 0 Å². The molecule has 11 aromatic rings. The third-order valence-corrected chi connectivity index (χ3v) is 13.9. The molecule has 0 amide bonds. The Morgan fingerprint density at radius 2 is 1.05 bits per heavy atom. The summed E-state index contributed by atoms with van der Waals surface area (Å²) in [6, 6.07) is 76.1. The predicted molar refractivity (Wildman–Crippen MR) is 257 cm³/mol. The van der Waals surface area contributed by atoms with Gasteiger partial charge < -0.3 is 9.47 Å². The number of para-hydroxylation sites is 2. The molecule has 1 aliphatic rings. The molecule has 0 radical (unpaired) electrons. The lowest BCUT2D eigenvalue weighted by Gasteiger charge is -2.29. The third-order valence-electron chi connectivity index (χ3n) is 12.8. The fraction of sp³-hybridized carbons (Fsp3) is 0.0526. The van der Waals surface area contributed by atoms with Crippen molar-refractivity contribution in [2.24, 2.45) is 0 Å². The van der Waals surface area contributed by atoms with E-state index in [2.05, 4.69) is 230 Å². The molecule has 0 atom stereocenters. The Bertz CT molecular complexity index is 3450. The van der Waals surface area contributed by atoms with Crippen molar-refractivity contribution in [3.63, 3.8) is 0 Å². The van der Waals surface area contributed by atoms with Gasteiger partial charge in [-0.2, -0.15) is 0 Å². The smallest absolute Gasteiger partial charge is 0.0554 e. The van der Waals surface area contributed by atoms with Crippen LogP contribution in [-0.4, -0.2) is 4.57 Å². The Morgan fingerprint density at radius 3 is 1.88 bits per heavy atom.